The van der Waals surface area contributed by atoms with Crippen LogP contribution in [0.25, 0.3) is 0 Å². The summed E-state index contributed by atoms with van der Waals surface area (Å²) in [5.41, 5.74) is 7.07. The van der Waals surface area contributed by atoms with Crippen LogP contribution in [0.4, 0.5) is 41.0 Å². The molecule has 2 amide bonds. The molecule has 36 heavy (non-hydrogen) atoms. The van der Waals surface area contributed by atoms with Crippen molar-refractivity contribution >= 4 is 34.8 Å². The summed E-state index contributed by atoms with van der Waals surface area (Å²) in [5, 5.41) is 17.1. The summed E-state index contributed by atoms with van der Waals surface area (Å²) in [4.78, 5) is 20.7. The van der Waals surface area contributed by atoms with Crippen LogP contribution in [-0.2, 0) is 12.6 Å². The van der Waals surface area contributed by atoms with E-state index in [1.54, 1.807) is 24.3 Å². The van der Waals surface area contributed by atoms with Gasteiger partial charge in [-0.05, 0) is 48.7 Å². The Balaban J connectivity index is 1.43. The van der Waals surface area contributed by atoms with Crippen LogP contribution in [0.1, 0.15) is 42.4 Å². The van der Waals surface area contributed by atoms with Gasteiger partial charge in [0, 0.05) is 23.8 Å². The topological polar surface area (TPSA) is 129 Å². The Labute approximate surface area is 206 Å². The highest BCUT2D eigenvalue weighted by Crippen LogP contribution is 2.31. The van der Waals surface area contributed by atoms with E-state index in [1.807, 2.05) is 0 Å². The van der Waals surface area contributed by atoms with Gasteiger partial charge in [-0.1, -0.05) is 31.0 Å². The Kier molecular flexibility index (Phi) is 7.37. The first kappa shape index (κ1) is 25.0. The molecular weight excluding hydrogens is 471 g/mol. The van der Waals surface area contributed by atoms with Gasteiger partial charge in [0.1, 0.15) is 18.0 Å². The number of hydrogen-bond donors (Lipinski definition) is 5. The minimum absolute atomic E-state index is 0.0158. The van der Waals surface area contributed by atoms with E-state index in [2.05, 4.69) is 25.9 Å². The van der Waals surface area contributed by atoms with Crippen LogP contribution in [0.15, 0.2) is 54.9 Å². The summed E-state index contributed by atoms with van der Waals surface area (Å²) in [5.74, 6) is 0.749. The Morgan fingerprint density at radius 3 is 2.39 bits per heavy atom. The molecule has 1 fully saturated rings. The fourth-order valence-electron chi connectivity index (χ4n) is 4.19. The van der Waals surface area contributed by atoms with Crippen molar-refractivity contribution in [1.82, 2.24) is 9.97 Å². The number of hydrogen-bond acceptors (Lipinski definition) is 6. The average Bonchev–Trinajstić information content (AvgIpc) is 3.32. The number of urea groups is 1. The minimum atomic E-state index is -4.51. The van der Waals surface area contributed by atoms with Crippen molar-refractivity contribution < 1.29 is 18.0 Å². The van der Waals surface area contributed by atoms with Crippen LogP contribution in [0.3, 0.4) is 0 Å². The van der Waals surface area contributed by atoms with Gasteiger partial charge in [-0.25, -0.2) is 14.8 Å². The predicted octanol–water partition coefficient (Wildman–Crippen LogP) is 5.69. The Hall–Kier alpha value is -4.15. The van der Waals surface area contributed by atoms with Gasteiger partial charge < -0.3 is 27.1 Å². The second-order valence-corrected chi connectivity index (χ2v) is 8.62. The Morgan fingerprint density at radius 2 is 1.69 bits per heavy atom. The number of carbonyl (C=O) groups is 1. The Morgan fingerprint density at radius 1 is 1.03 bits per heavy atom. The molecule has 3 aromatic rings. The van der Waals surface area contributed by atoms with E-state index in [1.165, 1.54) is 18.5 Å². The van der Waals surface area contributed by atoms with Gasteiger partial charge >= 0.3 is 12.2 Å². The quantitative estimate of drug-likeness (QED) is 0.268. The monoisotopic (exact) mass is 497 g/mol. The predicted molar refractivity (Wildman–Crippen MR) is 133 cm³/mol. The summed E-state index contributed by atoms with van der Waals surface area (Å²) < 4.78 is 38.7. The van der Waals surface area contributed by atoms with E-state index >= 15 is 0 Å². The number of nitrogens with two attached hydrogens (primary N) is 1. The van der Waals surface area contributed by atoms with Crippen LogP contribution in [-0.4, -0.2) is 27.8 Å². The molecule has 0 spiro atoms. The second kappa shape index (κ2) is 10.6. The molecule has 1 saturated carbocycles. The van der Waals surface area contributed by atoms with Crippen molar-refractivity contribution in [3.63, 3.8) is 0 Å². The maximum Gasteiger partial charge on any atom is 0.416 e. The van der Waals surface area contributed by atoms with Crippen molar-refractivity contribution in [1.29, 1.82) is 5.41 Å². The highest BCUT2D eigenvalue weighted by molar-refractivity contribution is 6.07. The maximum atomic E-state index is 12.9. The molecule has 188 valence electrons. The molecule has 2 aromatic carbocycles. The van der Waals surface area contributed by atoms with Crippen molar-refractivity contribution in [3.05, 3.63) is 71.5 Å². The van der Waals surface area contributed by atoms with Gasteiger partial charge in [0.25, 0.3) is 0 Å². The number of carbonyl (C=O) groups excluding carboxylic acids is 1. The molecule has 0 radical (unpaired) electrons. The zero-order valence-corrected chi connectivity index (χ0v) is 19.3. The Bertz CT molecular complexity index is 1260. The number of nitrogens with one attached hydrogen (secondary N) is 4. The van der Waals surface area contributed by atoms with Gasteiger partial charge in [-0.2, -0.15) is 13.2 Å². The second-order valence-electron chi connectivity index (χ2n) is 8.62. The van der Waals surface area contributed by atoms with E-state index in [9.17, 15) is 18.0 Å². The van der Waals surface area contributed by atoms with Crippen LogP contribution in [0.5, 0.6) is 0 Å². The molecule has 0 aliphatic heterocycles. The van der Waals surface area contributed by atoms with Crippen LogP contribution in [0.2, 0.25) is 0 Å². The van der Waals surface area contributed by atoms with Crippen molar-refractivity contribution in [2.24, 2.45) is 0 Å². The van der Waals surface area contributed by atoms with Crippen LogP contribution in [0, 0.1) is 5.41 Å². The van der Waals surface area contributed by atoms with Crippen molar-refractivity contribution in [2.45, 2.75) is 44.3 Å². The number of anilines is 4. The van der Waals surface area contributed by atoms with Crippen molar-refractivity contribution in [3.8, 4) is 0 Å². The van der Waals surface area contributed by atoms with Crippen LogP contribution < -0.4 is 21.7 Å². The smallest absolute Gasteiger partial charge is 0.383 e. The van der Waals surface area contributed by atoms with Gasteiger partial charge in [-0.3, -0.25) is 0 Å². The SMILES string of the molecule is N=C(Cc1cccc(NC(=O)Nc2cccc(C(F)(F)F)c2)c1)c1c(N)ncnc1NC1CCCC1. The molecule has 0 saturated heterocycles. The molecule has 1 heterocycles. The highest BCUT2D eigenvalue weighted by atomic mass is 19.4. The zero-order chi connectivity index (χ0) is 25.7. The van der Waals surface area contributed by atoms with Gasteiger partial charge in [0.05, 0.1) is 16.8 Å². The lowest BCUT2D eigenvalue weighted by atomic mass is 10.0. The third-order valence-corrected chi connectivity index (χ3v) is 5.89. The molecule has 6 N–H and O–H groups in total. The lowest BCUT2D eigenvalue weighted by Crippen LogP contribution is -2.21. The normalized spacial score (nSPS) is 13.9. The van der Waals surface area contributed by atoms with Gasteiger partial charge in [-0.15, -0.1) is 0 Å². The highest BCUT2D eigenvalue weighted by Gasteiger charge is 2.30. The van der Waals surface area contributed by atoms with Crippen LogP contribution >= 0.6 is 0 Å². The summed E-state index contributed by atoms with van der Waals surface area (Å²) in [6.07, 6.45) is 1.43. The number of amides is 2. The van der Waals surface area contributed by atoms with E-state index in [4.69, 9.17) is 11.1 Å². The molecule has 1 aliphatic carbocycles. The molecule has 0 atom stereocenters. The standard InChI is InChI=1S/C25H26F3N7O/c26-25(27,28)16-6-4-10-19(13-16)35-24(36)34-18-9-3-5-15(11-18)12-20(29)21-22(30)31-14-32-23(21)33-17-7-1-2-8-17/h3-6,9-11,13-14,17,29H,1-2,7-8,12H2,(H2,34,35,36)(H3,30,31,32,33). The maximum absolute atomic E-state index is 12.9. The number of halogens is 3. The summed E-state index contributed by atoms with van der Waals surface area (Å²) in [6.45, 7) is 0. The van der Waals surface area contributed by atoms with E-state index in [-0.39, 0.29) is 29.7 Å². The summed E-state index contributed by atoms with van der Waals surface area (Å²) >= 11 is 0. The van der Waals surface area contributed by atoms with Crippen molar-refractivity contribution in [2.75, 3.05) is 21.7 Å². The summed E-state index contributed by atoms with van der Waals surface area (Å²) in [6, 6.07) is 10.8. The third kappa shape index (κ3) is 6.29. The largest absolute Gasteiger partial charge is 0.416 e. The lowest BCUT2D eigenvalue weighted by Gasteiger charge is -2.17. The first-order valence-electron chi connectivity index (χ1n) is 11.5. The number of aromatic nitrogens is 2. The average molecular weight is 498 g/mol. The number of benzene rings is 2. The fourth-order valence-corrected chi connectivity index (χ4v) is 4.19. The molecule has 11 heteroatoms. The van der Waals surface area contributed by atoms with E-state index < -0.39 is 17.8 Å². The lowest BCUT2D eigenvalue weighted by molar-refractivity contribution is -0.137. The third-order valence-electron chi connectivity index (χ3n) is 5.89. The zero-order valence-electron chi connectivity index (χ0n) is 19.3. The molecule has 1 aromatic heterocycles. The molecule has 4 rings (SSSR count). The molecule has 1 aliphatic rings. The molecule has 8 nitrogen and oxygen atoms in total. The first-order chi connectivity index (χ1) is 17.2. The molecule has 0 bridgehead atoms. The number of alkyl halides is 3. The van der Waals surface area contributed by atoms with Gasteiger partial charge in [0.15, 0.2) is 0 Å². The molecule has 0 unspecified atom stereocenters. The fraction of sp³-hybridized carbons (Fsp3) is 0.280. The van der Waals surface area contributed by atoms with E-state index in [0.29, 0.717) is 17.1 Å². The summed E-state index contributed by atoms with van der Waals surface area (Å²) in [7, 11) is 0. The van der Waals surface area contributed by atoms with Gasteiger partial charge in [0.2, 0.25) is 0 Å². The number of nitrogen functional groups attached to an aromatic ring is 1. The van der Waals surface area contributed by atoms with E-state index in [0.717, 1.165) is 43.4 Å². The number of nitrogens with zero attached hydrogens (tertiary/aromatic N) is 2. The number of rotatable bonds is 7. The first-order valence-corrected chi connectivity index (χ1v) is 11.5. The minimum Gasteiger partial charge on any atom is -0.383 e. The molecular formula is C25H26F3N7O.